The van der Waals surface area contributed by atoms with Crippen molar-refractivity contribution in [3.05, 3.63) is 53.1 Å². The van der Waals surface area contributed by atoms with E-state index in [1.807, 2.05) is 0 Å². The minimum absolute atomic E-state index is 0.0505. The number of nitrogens with one attached hydrogen (secondary N) is 1. The standard InChI is InChI=1S/C16H13ClF2N2O3S/c17-14-9-12(3-4-15(14)21-5-1-2-16(21)22)20-25(23,24)13-7-10(18)6-11(19)8-13/h3-4,6-9,20H,1-2,5H2. The van der Waals surface area contributed by atoms with Crippen LogP contribution in [0.4, 0.5) is 20.2 Å². The van der Waals surface area contributed by atoms with E-state index < -0.39 is 26.6 Å². The zero-order valence-electron chi connectivity index (χ0n) is 12.8. The van der Waals surface area contributed by atoms with Gasteiger partial charge in [-0.05, 0) is 36.8 Å². The maximum atomic E-state index is 13.2. The molecule has 0 saturated carbocycles. The average Bonchev–Trinajstić information content (AvgIpc) is 2.92. The van der Waals surface area contributed by atoms with Gasteiger partial charge < -0.3 is 4.90 Å². The second-order valence-corrected chi connectivity index (χ2v) is 7.62. The number of carbonyl (C=O) groups excluding carboxylic acids is 1. The zero-order chi connectivity index (χ0) is 18.2. The molecule has 0 aromatic heterocycles. The Labute approximate surface area is 148 Å². The van der Waals surface area contributed by atoms with Crippen LogP contribution in [0.15, 0.2) is 41.3 Å². The first-order valence-corrected chi connectivity index (χ1v) is 9.21. The Morgan fingerprint density at radius 3 is 2.32 bits per heavy atom. The largest absolute Gasteiger partial charge is 0.311 e. The molecule has 9 heteroatoms. The monoisotopic (exact) mass is 386 g/mol. The van der Waals surface area contributed by atoms with Crippen LogP contribution in [0.1, 0.15) is 12.8 Å². The number of carbonyl (C=O) groups is 1. The Bertz CT molecular complexity index is 930. The maximum absolute atomic E-state index is 13.2. The summed E-state index contributed by atoms with van der Waals surface area (Å²) < 4.78 is 53.2. The van der Waals surface area contributed by atoms with Crippen LogP contribution in [0, 0.1) is 11.6 Å². The Morgan fingerprint density at radius 1 is 1.08 bits per heavy atom. The van der Waals surface area contributed by atoms with Gasteiger partial charge in [-0.2, -0.15) is 0 Å². The molecule has 25 heavy (non-hydrogen) atoms. The Morgan fingerprint density at radius 2 is 1.76 bits per heavy atom. The number of rotatable bonds is 4. The number of hydrogen-bond acceptors (Lipinski definition) is 3. The fraction of sp³-hybridized carbons (Fsp3) is 0.188. The molecule has 1 saturated heterocycles. The Balaban J connectivity index is 1.87. The molecule has 1 N–H and O–H groups in total. The Hall–Kier alpha value is -2.19. The summed E-state index contributed by atoms with van der Waals surface area (Å²) in [4.78, 5) is 12.8. The first kappa shape index (κ1) is 17.6. The zero-order valence-corrected chi connectivity index (χ0v) is 14.4. The quantitative estimate of drug-likeness (QED) is 0.873. The molecule has 0 aliphatic carbocycles. The molecular weight excluding hydrogens is 374 g/mol. The van der Waals surface area contributed by atoms with E-state index in [0.29, 0.717) is 36.9 Å². The lowest BCUT2D eigenvalue weighted by Crippen LogP contribution is -2.24. The van der Waals surface area contributed by atoms with Crippen molar-refractivity contribution in [1.82, 2.24) is 0 Å². The topological polar surface area (TPSA) is 66.5 Å². The lowest BCUT2D eigenvalue weighted by atomic mass is 10.2. The normalized spacial score (nSPS) is 14.8. The molecule has 2 aromatic carbocycles. The summed E-state index contributed by atoms with van der Waals surface area (Å²) in [6.45, 7) is 0.548. The van der Waals surface area contributed by atoms with Crippen molar-refractivity contribution in [3.8, 4) is 0 Å². The van der Waals surface area contributed by atoms with Gasteiger partial charge in [0.25, 0.3) is 10.0 Å². The van der Waals surface area contributed by atoms with Crippen LogP contribution < -0.4 is 9.62 Å². The molecular formula is C16H13ClF2N2O3S. The second-order valence-electron chi connectivity index (χ2n) is 5.53. The third-order valence-electron chi connectivity index (χ3n) is 3.71. The van der Waals surface area contributed by atoms with Crippen LogP contribution in [0.3, 0.4) is 0 Å². The molecule has 2 aromatic rings. The van der Waals surface area contributed by atoms with Gasteiger partial charge in [0.1, 0.15) is 11.6 Å². The van der Waals surface area contributed by atoms with Gasteiger partial charge in [-0.15, -0.1) is 0 Å². The van der Waals surface area contributed by atoms with Crippen LogP contribution in [-0.2, 0) is 14.8 Å². The van der Waals surface area contributed by atoms with Crippen LogP contribution in [-0.4, -0.2) is 20.9 Å². The van der Waals surface area contributed by atoms with E-state index in [9.17, 15) is 22.0 Å². The van der Waals surface area contributed by atoms with Crippen LogP contribution in [0.25, 0.3) is 0 Å². The minimum Gasteiger partial charge on any atom is -0.311 e. The number of sulfonamides is 1. The third kappa shape index (κ3) is 3.74. The van der Waals surface area contributed by atoms with E-state index in [1.165, 1.54) is 23.1 Å². The van der Waals surface area contributed by atoms with Crippen molar-refractivity contribution in [3.63, 3.8) is 0 Å². The first-order valence-electron chi connectivity index (χ1n) is 7.35. The van der Waals surface area contributed by atoms with Gasteiger partial charge in [0, 0.05) is 19.0 Å². The summed E-state index contributed by atoms with van der Waals surface area (Å²) in [5.74, 6) is -2.05. The van der Waals surface area contributed by atoms with Crippen LogP contribution in [0.5, 0.6) is 0 Å². The van der Waals surface area contributed by atoms with Crippen molar-refractivity contribution in [2.45, 2.75) is 17.7 Å². The van der Waals surface area contributed by atoms with E-state index in [4.69, 9.17) is 11.6 Å². The summed E-state index contributed by atoms with van der Waals surface area (Å²) >= 11 is 6.15. The second kappa shape index (κ2) is 6.61. The minimum atomic E-state index is -4.19. The van der Waals surface area contributed by atoms with Crippen molar-refractivity contribution in [2.75, 3.05) is 16.2 Å². The summed E-state index contributed by atoms with van der Waals surface area (Å²) in [5.41, 5.74) is 0.606. The number of halogens is 3. The SMILES string of the molecule is O=C1CCCN1c1ccc(NS(=O)(=O)c2cc(F)cc(F)c2)cc1Cl. The van der Waals surface area contributed by atoms with Crippen molar-refractivity contribution in [1.29, 1.82) is 0 Å². The Kier molecular flexibility index (Phi) is 4.66. The molecule has 0 atom stereocenters. The van der Waals surface area contributed by atoms with Crippen molar-refractivity contribution < 1.29 is 22.0 Å². The number of benzene rings is 2. The molecule has 1 heterocycles. The molecule has 1 aliphatic rings. The summed E-state index contributed by atoms with van der Waals surface area (Å²) in [6, 6.07) is 6.30. The van der Waals surface area contributed by atoms with Gasteiger partial charge in [0.15, 0.2) is 0 Å². The van der Waals surface area contributed by atoms with Gasteiger partial charge in [0.2, 0.25) is 5.91 Å². The first-order chi connectivity index (χ1) is 11.8. The van der Waals surface area contributed by atoms with Gasteiger partial charge in [-0.3, -0.25) is 9.52 Å². The van der Waals surface area contributed by atoms with E-state index in [0.717, 1.165) is 6.42 Å². The lowest BCUT2D eigenvalue weighted by Gasteiger charge is -2.18. The molecule has 1 aliphatic heterocycles. The average molecular weight is 387 g/mol. The van der Waals surface area contributed by atoms with E-state index >= 15 is 0 Å². The highest BCUT2D eigenvalue weighted by Gasteiger charge is 2.24. The van der Waals surface area contributed by atoms with Crippen LogP contribution >= 0.6 is 11.6 Å². The maximum Gasteiger partial charge on any atom is 0.262 e. The van der Waals surface area contributed by atoms with Crippen LogP contribution in [0.2, 0.25) is 5.02 Å². The van der Waals surface area contributed by atoms with Gasteiger partial charge >= 0.3 is 0 Å². The molecule has 3 rings (SSSR count). The van der Waals surface area contributed by atoms with E-state index in [1.54, 1.807) is 0 Å². The molecule has 0 spiro atoms. The summed E-state index contributed by atoms with van der Waals surface area (Å²) in [5, 5.41) is 0.195. The predicted molar refractivity (Wildman–Crippen MR) is 90.2 cm³/mol. The highest BCUT2D eigenvalue weighted by atomic mass is 35.5. The fourth-order valence-electron chi connectivity index (χ4n) is 2.59. The molecule has 132 valence electrons. The third-order valence-corrected chi connectivity index (χ3v) is 5.37. The number of anilines is 2. The smallest absolute Gasteiger partial charge is 0.262 e. The fourth-order valence-corrected chi connectivity index (χ4v) is 3.96. The lowest BCUT2D eigenvalue weighted by molar-refractivity contribution is -0.117. The van der Waals surface area contributed by atoms with Crippen molar-refractivity contribution >= 4 is 38.9 Å². The predicted octanol–water partition coefficient (Wildman–Crippen LogP) is 3.55. The van der Waals surface area contributed by atoms with Gasteiger partial charge in [0.05, 0.1) is 21.3 Å². The molecule has 0 unspecified atom stereocenters. The summed E-state index contributed by atoms with van der Waals surface area (Å²) in [7, 11) is -4.19. The molecule has 0 radical (unpaired) electrons. The van der Waals surface area contributed by atoms with Gasteiger partial charge in [-0.1, -0.05) is 11.6 Å². The number of hydrogen-bond donors (Lipinski definition) is 1. The van der Waals surface area contributed by atoms with E-state index in [2.05, 4.69) is 4.72 Å². The molecule has 5 nitrogen and oxygen atoms in total. The van der Waals surface area contributed by atoms with Gasteiger partial charge in [-0.25, -0.2) is 17.2 Å². The number of amides is 1. The molecule has 1 amide bonds. The van der Waals surface area contributed by atoms with E-state index in [-0.39, 0.29) is 16.6 Å². The molecule has 1 fully saturated rings. The highest BCUT2D eigenvalue weighted by molar-refractivity contribution is 7.92. The van der Waals surface area contributed by atoms with Crippen molar-refractivity contribution in [2.24, 2.45) is 0 Å². The summed E-state index contributed by atoms with van der Waals surface area (Å²) in [6.07, 6.45) is 1.17. The number of nitrogens with zero attached hydrogens (tertiary/aromatic N) is 1. The highest BCUT2D eigenvalue weighted by Crippen LogP contribution is 2.32. The molecule has 0 bridgehead atoms.